The van der Waals surface area contributed by atoms with Gasteiger partial charge in [0.2, 0.25) is 0 Å². The molecule has 0 aromatic carbocycles. The van der Waals surface area contributed by atoms with Gasteiger partial charge >= 0.3 is 0 Å². The van der Waals surface area contributed by atoms with Gasteiger partial charge in [0, 0.05) is 44.3 Å². The van der Waals surface area contributed by atoms with Crippen LogP contribution in [0.3, 0.4) is 0 Å². The van der Waals surface area contributed by atoms with Gasteiger partial charge in [-0.1, -0.05) is 0 Å². The van der Waals surface area contributed by atoms with Crippen LogP contribution in [0.5, 0.6) is 0 Å². The molecular formula is C14H27N5. The zero-order valence-corrected chi connectivity index (χ0v) is 12.8. The third kappa shape index (κ3) is 2.92. The van der Waals surface area contributed by atoms with Crippen molar-refractivity contribution in [1.82, 2.24) is 14.7 Å². The normalized spacial score (nSPS) is 22.8. The van der Waals surface area contributed by atoms with E-state index in [2.05, 4.69) is 42.7 Å². The largest absolute Gasteiger partial charge is 0.351 e. The summed E-state index contributed by atoms with van der Waals surface area (Å²) in [5, 5.41) is 4.60. The molecule has 0 radical (unpaired) electrons. The van der Waals surface area contributed by atoms with E-state index in [1.165, 1.54) is 11.4 Å². The molecule has 108 valence electrons. The van der Waals surface area contributed by atoms with E-state index in [0.29, 0.717) is 6.04 Å². The molecule has 0 saturated carbocycles. The summed E-state index contributed by atoms with van der Waals surface area (Å²) < 4.78 is 2.02. The molecule has 5 nitrogen and oxygen atoms in total. The number of likely N-dealkylation sites (N-methyl/N-ethyl adjacent to an activating group) is 1. The van der Waals surface area contributed by atoms with Crippen molar-refractivity contribution in [3.05, 3.63) is 11.3 Å². The van der Waals surface area contributed by atoms with Crippen LogP contribution in [0.15, 0.2) is 0 Å². The molecule has 1 aliphatic rings. The van der Waals surface area contributed by atoms with Crippen LogP contribution in [0.25, 0.3) is 0 Å². The van der Waals surface area contributed by atoms with E-state index < -0.39 is 0 Å². The topological polar surface area (TPSA) is 50.3 Å². The fourth-order valence-corrected chi connectivity index (χ4v) is 3.06. The molecule has 1 aromatic heterocycles. The van der Waals surface area contributed by atoms with E-state index in [1.54, 1.807) is 0 Å². The number of piperazine rings is 1. The summed E-state index contributed by atoms with van der Waals surface area (Å²) in [5.41, 5.74) is 8.42. The number of aromatic nitrogens is 2. The molecule has 2 atom stereocenters. The molecule has 1 fully saturated rings. The van der Waals surface area contributed by atoms with Crippen LogP contribution in [0.4, 0.5) is 5.82 Å². The van der Waals surface area contributed by atoms with Crippen LogP contribution >= 0.6 is 0 Å². The van der Waals surface area contributed by atoms with Gasteiger partial charge < -0.3 is 15.5 Å². The first-order valence-corrected chi connectivity index (χ1v) is 7.13. The highest BCUT2D eigenvalue weighted by atomic mass is 15.4. The summed E-state index contributed by atoms with van der Waals surface area (Å²) in [6.45, 7) is 9.69. The van der Waals surface area contributed by atoms with Crippen molar-refractivity contribution in [1.29, 1.82) is 0 Å². The summed E-state index contributed by atoms with van der Waals surface area (Å²) in [6, 6.07) is 0.685. The Kier molecular flexibility index (Phi) is 4.16. The molecule has 1 aromatic rings. The smallest absolute Gasteiger partial charge is 0.130 e. The second-order valence-electron chi connectivity index (χ2n) is 6.00. The van der Waals surface area contributed by atoms with Gasteiger partial charge in [-0.3, -0.25) is 4.68 Å². The van der Waals surface area contributed by atoms with Crippen LogP contribution in [-0.2, 0) is 13.5 Å². The SMILES string of the molecule is Cc1nn(C)c(N2CCN(C)CC2C)c1CC(C)N. The zero-order valence-electron chi connectivity index (χ0n) is 12.8. The number of hydrogen-bond acceptors (Lipinski definition) is 4. The first kappa shape index (κ1) is 14.3. The highest BCUT2D eigenvalue weighted by Gasteiger charge is 2.27. The summed E-state index contributed by atoms with van der Waals surface area (Å²) >= 11 is 0. The molecule has 19 heavy (non-hydrogen) atoms. The van der Waals surface area contributed by atoms with E-state index in [4.69, 9.17) is 5.73 Å². The Bertz CT molecular complexity index is 437. The highest BCUT2D eigenvalue weighted by Crippen LogP contribution is 2.27. The van der Waals surface area contributed by atoms with Crippen LogP contribution in [0.1, 0.15) is 25.1 Å². The third-order valence-corrected chi connectivity index (χ3v) is 3.94. The lowest BCUT2D eigenvalue weighted by Crippen LogP contribution is -2.51. The molecule has 2 N–H and O–H groups in total. The first-order valence-electron chi connectivity index (χ1n) is 7.13. The van der Waals surface area contributed by atoms with Gasteiger partial charge in [-0.25, -0.2) is 0 Å². The average Bonchev–Trinajstić information content (AvgIpc) is 2.54. The zero-order chi connectivity index (χ0) is 14.2. The van der Waals surface area contributed by atoms with Crippen molar-refractivity contribution < 1.29 is 0 Å². The number of rotatable bonds is 3. The van der Waals surface area contributed by atoms with Gasteiger partial charge in [-0.15, -0.1) is 0 Å². The summed E-state index contributed by atoms with van der Waals surface area (Å²) in [6.07, 6.45) is 0.897. The first-order chi connectivity index (χ1) is 8.90. The van der Waals surface area contributed by atoms with Crippen LogP contribution in [0, 0.1) is 6.92 Å². The number of nitrogens with zero attached hydrogens (tertiary/aromatic N) is 4. The van der Waals surface area contributed by atoms with Gasteiger partial charge in [0.15, 0.2) is 0 Å². The molecule has 0 bridgehead atoms. The van der Waals surface area contributed by atoms with E-state index in [-0.39, 0.29) is 6.04 Å². The Hall–Kier alpha value is -1.07. The van der Waals surface area contributed by atoms with Gasteiger partial charge in [0.1, 0.15) is 5.82 Å². The standard InChI is InChI=1S/C14H27N5/c1-10(15)8-13-12(3)16-18(5)14(13)19-7-6-17(4)9-11(19)2/h10-11H,6-9,15H2,1-5H3. The molecular weight excluding hydrogens is 238 g/mol. The molecule has 0 amide bonds. The van der Waals surface area contributed by atoms with E-state index in [0.717, 1.165) is 31.7 Å². The molecule has 1 saturated heterocycles. The summed E-state index contributed by atoms with van der Waals surface area (Å²) in [5.74, 6) is 1.26. The maximum absolute atomic E-state index is 5.99. The fourth-order valence-electron chi connectivity index (χ4n) is 3.06. The minimum atomic E-state index is 0.171. The summed E-state index contributed by atoms with van der Waals surface area (Å²) in [7, 11) is 4.23. The maximum atomic E-state index is 5.99. The second kappa shape index (κ2) is 5.51. The molecule has 0 spiro atoms. The van der Waals surface area contributed by atoms with Crippen LogP contribution in [0.2, 0.25) is 0 Å². The lowest BCUT2D eigenvalue weighted by Gasteiger charge is -2.40. The van der Waals surface area contributed by atoms with Crippen LogP contribution < -0.4 is 10.6 Å². The Morgan fingerprint density at radius 2 is 2.05 bits per heavy atom. The quantitative estimate of drug-likeness (QED) is 0.876. The van der Waals surface area contributed by atoms with Crippen molar-refractivity contribution in [2.75, 3.05) is 31.6 Å². The van der Waals surface area contributed by atoms with E-state index in [1.807, 2.05) is 11.7 Å². The minimum absolute atomic E-state index is 0.171. The number of anilines is 1. The molecule has 2 heterocycles. The van der Waals surface area contributed by atoms with Crippen molar-refractivity contribution in [2.24, 2.45) is 12.8 Å². The average molecular weight is 265 g/mol. The fraction of sp³-hybridized carbons (Fsp3) is 0.786. The monoisotopic (exact) mass is 265 g/mol. The Morgan fingerprint density at radius 3 is 2.63 bits per heavy atom. The third-order valence-electron chi connectivity index (χ3n) is 3.94. The van der Waals surface area contributed by atoms with Crippen molar-refractivity contribution in [3.63, 3.8) is 0 Å². The highest BCUT2D eigenvalue weighted by molar-refractivity contribution is 5.52. The Balaban J connectivity index is 2.32. The molecule has 5 heteroatoms. The van der Waals surface area contributed by atoms with Gasteiger partial charge in [-0.05, 0) is 34.2 Å². The van der Waals surface area contributed by atoms with Gasteiger partial charge in [0.05, 0.1) is 5.69 Å². The predicted molar refractivity (Wildman–Crippen MR) is 79.6 cm³/mol. The maximum Gasteiger partial charge on any atom is 0.130 e. The Labute approximate surface area is 116 Å². The molecule has 1 aliphatic heterocycles. The minimum Gasteiger partial charge on any atom is -0.351 e. The van der Waals surface area contributed by atoms with Crippen molar-refractivity contribution in [3.8, 4) is 0 Å². The molecule has 2 rings (SSSR count). The number of hydrogen-bond donors (Lipinski definition) is 1. The lowest BCUT2D eigenvalue weighted by molar-refractivity contribution is 0.273. The van der Waals surface area contributed by atoms with E-state index >= 15 is 0 Å². The molecule has 2 unspecified atom stereocenters. The van der Waals surface area contributed by atoms with E-state index in [9.17, 15) is 0 Å². The Morgan fingerprint density at radius 1 is 1.37 bits per heavy atom. The second-order valence-corrected chi connectivity index (χ2v) is 6.00. The predicted octanol–water partition coefficient (Wildman–Crippen LogP) is 0.759. The number of aryl methyl sites for hydroxylation is 2. The van der Waals surface area contributed by atoms with Crippen molar-refractivity contribution in [2.45, 2.75) is 39.3 Å². The van der Waals surface area contributed by atoms with Gasteiger partial charge in [0.25, 0.3) is 0 Å². The van der Waals surface area contributed by atoms with Crippen LogP contribution in [-0.4, -0.2) is 53.4 Å². The van der Waals surface area contributed by atoms with Gasteiger partial charge in [-0.2, -0.15) is 5.10 Å². The summed E-state index contributed by atoms with van der Waals surface area (Å²) in [4.78, 5) is 4.87. The van der Waals surface area contributed by atoms with Crippen molar-refractivity contribution >= 4 is 5.82 Å². The lowest BCUT2D eigenvalue weighted by atomic mass is 10.1. The molecule has 0 aliphatic carbocycles. The number of nitrogens with two attached hydrogens (primary N) is 1.